The molecule has 0 aliphatic rings. The van der Waals surface area contributed by atoms with Crippen LogP contribution in [0.3, 0.4) is 0 Å². The van der Waals surface area contributed by atoms with E-state index >= 15 is 0 Å². The van der Waals surface area contributed by atoms with Crippen LogP contribution < -0.4 is 10.6 Å². The molecule has 0 saturated heterocycles. The van der Waals surface area contributed by atoms with E-state index in [1.807, 2.05) is 24.3 Å². The molecule has 2 amide bonds. The minimum Gasteiger partial charge on any atom is -0.351 e. The molecular formula is C23H30ClN3O2. The van der Waals surface area contributed by atoms with Crippen molar-refractivity contribution >= 4 is 29.1 Å². The number of halogens is 1. The van der Waals surface area contributed by atoms with Crippen LogP contribution in [0.2, 0.25) is 5.02 Å². The number of benzene rings is 2. The van der Waals surface area contributed by atoms with Gasteiger partial charge in [0.15, 0.2) is 0 Å². The Morgan fingerprint density at radius 1 is 0.966 bits per heavy atom. The number of nitrogens with zero attached hydrogens (tertiary/aromatic N) is 1. The molecule has 0 unspecified atom stereocenters. The molecule has 0 atom stereocenters. The Labute approximate surface area is 178 Å². The van der Waals surface area contributed by atoms with Crippen LogP contribution in [0.25, 0.3) is 0 Å². The fourth-order valence-corrected chi connectivity index (χ4v) is 3.13. The van der Waals surface area contributed by atoms with E-state index in [4.69, 9.17) is 11.6 Å². The third-order valence-electron chi connectivity index (χ3n) is 4.82. The van der Waals surface area contributed by atoms with Gasteiger partial charge in [-0.3, -0.25) is 9.59 Å². The first kappa shape index (κ1) is 22.9. The molecule has 0 saturated carbocycles. The van der Waals surface area contributed by atoms with Crippen molar-refractivity contribution in [2.75, 3.05) is 31.5 Å². The summed E-state index contributed by atoms with van der Waals surface area (Å²) < 4.78 is 0. The van der Waals surface area contributed by atoms with Crippen molar-refractivity contribution in [3.63, 3.8) is 0 Å². The van der Waals surface area contributed by atoms with Gasteiger partial charge in [0.2, 0.25) is 5.91 Å². The summed E-state index contributed by atoms with van der Waals surface area (Å²) in [6.07, 6.45) is 2.04. The lowest BCUT2D eigenvalue weighted by Gasteiger charge is -2.18. The Bertz CT molecular complexity index is 772. The molecule has 2 rings (SSSR count). The smallest absolute Gasteiger partial charge is 0.251 e. The summed E-state index contributed by atoms with van der Waals surface area (Å²) in [5.41, 5.74) is 2.45. The van der Waals surface area contributed by atoms with Crippen molar-refractivity contribution in [3.05, 3.63) is 64.7 Å². The zero-order chi connectivity index (χ0) is 21.1. The largest absolute Gasteiger partial charge is 0.351 e. The highest BCUT2D eigenvalue weighted by Crippen LogP contribution is 2.13. The van der Waals surface area contributed by atoms with Gasteiger partial charge in [0, 0.05) is 35.8 Å². The van der Waals surface area contributed by atoms with Crippen LogP contribution in [0.5, 0.6) is 0 Å². The summed E-state index contributed by atoms with van der Waals surface area (Å²) in [5.74, 6) is -0.131. The molecule has 0 aliphatic carbocycles. The second kappa shape index (κ2) is 12.2. The number of nitrogens with one attached hydrogen (secondary N) is 2. The predicted octanol–water partition coefficient (Wildman–Crippen LogP) is 4.37. The third kappa shape index (κ3) is 8.26. The Morgan fingerprint density at radius 2 is 1.62 bits per heavy atom. The summed E-state index contributed by atoms with van der Waals surface area (Å²) in [6, 6.07) is 14.7. The number of carbonyl (C=O) groups excluding carboxylic acids is 2. The Balaban J connectivity index is 1.72. The highest BCUT2D eigenvalue weighted by atomic mass is 35.5. The fourth-order valence-electron chi connectivity index (χ4n) is 3.00. The molecule has 0 fully saturated rings. The summed E-state index contributed by atoms with van der Waals surface area (Å²) >= 11 is 5.88. The van der Waals surface area contributed by atoms with Crippen LogP contribution in [0, 0.1) is 0 Å². The lowest BCUT2D eigenvalue weighted by atomic mass is 10.1. The molecular weight excluding hydrogens is 386 g/mol. The minimum atomic E-state index is -0.0991. The molecule has 2 aromatic rings. The molecule has 2 aromatic carbocycles. The Morgan fingerprint density at radius 3 is 2.24 bits per heavy atom. The van der Waals surface area contributed by atoms with Gasteiger partial charge < -0.3 is 15.5 Å². The molecule has 156 valence electrons. The lowest BCUT2D eigenvalue weighted by molar-refractivity contribution is -0.116. The normalized spacial score (nSPS) is 10.8. The second-order valence-corrected chi connectivity index (χ2v) is 7.32. The van der Waals surface area contributed by atoms with Gasteiger partial charge in [0.1, 0.15) is 0 Å². The maximum Gasteiger partial charge on any atom is 0.251 e. The van der Waals surface area contributed by atoms with Crippen molar-refractivity contribution < 1.29 is 9.59 Å². The van der Waals surface area contributed by atoms with E-state index in [0.717, 1.165) is 32.5 Å². The fraction of sp³-hybridized carbons (Fsp3) is 0.391. The van der Waals surface area contributed by atoms with E-state index in [-0.39, 0.29) is 11.8 Å². The molecule has 6 heteroatoms. The molecule has 0 radical (unpaired) electrons. The van der Waals surface area contributed by atoms with Crippen molar-refractivity contribution in [3.8, 4) is 0 Å². The van der Waals surface area contributed by atoms with Crippen LogP contribution >= 0.6 is 11.6 Å². The first-order valence-corrected chi connectivity index (χ1v) is 10.5. The quantitative estimate of drug-likeness (QED) is 0.572. The summed E-state index contributed by atoms with van der Waals surface area (Å²) in [7, 11) is 0. The van der Waals surface area contributed by atoms with Gasteiger partial charge in [0.05, 0.1) is 0 Å². The number of amides is 2. The van der Waals surface area contributed by atoms with Gasteiger partial charge in [-0.05, 0) is 67.9 Å². The van der Waals surface area contributed by atoms with Crippen molar-refractivity contribution in [1.82, 2.24) is 10.2 Å². The number of anilines is 1. The first-order chi connectivity index (χ1) is 14.0. The highest BCUT2D eigenvalue weighted by Gasteiger charge is 2.07. The topological polar surface area (TPSA) is 61.4 Å². The highest BCUT2D eigenvalue weighted by molar-refractivity contribution is 6.30. The van der Waals surface area contributed by atoms with E-state index in [9.17, 15) is 9.59 Å². The molecule has 0 spiro atoms. The van der Waals surface area contributed by atoms with Gasteiger partial charge in [0.25, 0.3) is 5.91 Å². The standard InChI is InChI=1S/C23H30ClN3O2/c1-3-27(4-2)17-16-25-23(29)19-10-14-21(15-11-19)26-22(28)7-5-6-18-8-12-20(24)13-9-18/h8-15H,3-7,16-17H2,1-2H3,(H,25,29)(H,26,28). The van der Waals surface area contributed by atoms with Crippen molar-refractivity contribution in [2.24, 2.45) is 0 Å². The summed E-state index contributed by atoms with van der Waals surface area (Å²) in [6.45, 7) is 7.61. The maximum atomic E-state index is 12.2. The van der Waals surface area contributed by atoms with Crippen LogP contribution in [0.15, 0.2) is 48.5 Å². The van der Waals surface area contributed by atoms with Crippen molar-refractivity contribution in [1.29, 1.82) is 0 Å². The molecule has 0 heterocycles. The zero-order valence-electron chi connectivity index (χ0n) is 17.2. The number of carbonyl (C=O) groups is 2. The summed E-state index contributed by atoms with van der Waals surface area (Å²) in [4.78, 5) is 26.6. The average molecular weight is 416 g/mol. The van der Waals surface area contributed by atoms with Gasteiger partial charge in [-0.1, -0.05) is 37.6 Å². The number of rotatable bonds is 11. The Hall–Kier alpha value is -2.37. The van der Waals surface area contributed by atoms with E-state index < -0.39 is 0 Å². The van der Waals surface area contributed by atoms with Gasteiger partial charge in [-0.2, -0.15) is 0 Å². The number of likely N-dealkylation sites (N-methyl/N-ethyl adjacent to an activating group) is 1. The van der Waals surface area contributed by atoms with Crippen LogP contribution in [-0.4, -0.2) is 42.9 Å². The zero-order valence-corrected chi connectivity index (χ0v) is 18.0. The van der Waals surface area contributed by atoms with Gasteiger partial charge in [-0.15, -0.1) is 0 Å². The van der Waals surface area contributed by atoms with Crippen LogP contribution in [-0.2, 0) is 11.2 Å². The molecule has 29 heavy (non-hydrogen) atoms. The number of hydrogen-bond acceptors (Lipinski definition) is 3. The van der Waals surface area contributed by atoms with E-state index in [1.165, 1.54) is 5.56 Å². The Kier molecular flexibility index (Phi) is 9.68. The van der Waals surface area contributed by atoms with Gasteiger partial charge in [-0.25, -0.2) is 0 Å². The van der Waals surface area contributed by atoms with Crippen molar-refractivity contribution in [2.45, 2.75) is 33.1 Å². The summed E-state index contributed by atoms with van der Waals surface area (Å²) in [5, 5.41) is 6.52. The van der Waals surface area contributed by atoms with E-state index in [2.05, 4.69) is 29.4 Å². The third-order valence-corrected chi connectivity index (χ3v) is 5.07. The van der Waals surface area contributed by atoms with Crippen LogP contribution in [0.4, 0.5) is 5.69 Å². The molecule has 0 aliphatic heterocycles. The molecule has 0 aromatic heterocycles. The predicted molar refractivity (Wildman–Crippen MR) is 120 cm³/mol. The molecule has 0 bridgehead atoms. The minimum absolute atomic E-state index is 0.0320. The number of hydrogen-bond donors (Lipinski definition) is 2. The first-order valence-electron chi connectivity index (χ1n) is 10.2. The number of aryl methyl sites for hydroxylation is 1. The molecule has 2 N–H and O–H groups in total. The van der Waals surface area contributed by atoms with Gasteiger partial charge >= 0.3 is 0 Å². The average Bonchev–Trinajstić information content (AvgIpc) is 2.73. The SMILES string of the molecule is CCN(CC)CCNC(=O)c1ccc(NC(=O)CCCc2ccc(Cl)cc2)cc1. The second-order valence-electron chi connectivity index (χ2n) is 6.89. The van der Waals surface area contributed by atoms with Crippen LogP contribution in [0.1, 0.15) is 42.6 Å². The molecule has 5 nitrogen and oxygen atoms in total. The maximum absolute atomic E-state index is 12.2. The van der Waals surface area contributed by atoms with E-state index in [0.29, 0.717) is 29.2 Å². The van der Waals surface area contributed by atoms with E-state index in [1.54, 1.807) is 24.3 Å². The monoisotopic (exact) mass is 415 g/mol. The lowest BCUT2D eigenvalue weighted by Crippen LogP contribution is -2.34.